The van der Waals surface area contributed by atoms with Crippen molar-refractivity contribution < 1.29 is 9.84 Å². The van der Waals surface area contributed by atoms with Gasteiger partial charge in [-0.25, -0.2) is 0 Å². The van der Waals surface area contributed by atoms with Crippen LogP contribution in [0.25, 0.3) is 0 Å². The molecule has 1 N–H and O–H groups in total. The van der Waals surface area contributed by atoms with Crippen LogP contribution in [0.1, 0.15) is 37.8 Å². The lowest BCUT2D eigenvalue weighted by Crippen LogP contribution is -2.26. The Morgan fingerprint density at radius 3 is 1.89 bits per heavy atom. The smallest absolute Gasteiger partial charge is 0.134 e. The average molecular weight is 358 g/mol. The third-order valence-electron chi connectivity index (χ3n) is 6.04. The molecule has 138 valence electrons. The Bertz CT molecular complexity index is 837. The summed E-state index contributed by atoms with van der Waals surface area (Å²) in [5.41, 5.74) is 1.52. The molecular weight excluding hydrogens is 332 g/mol. The Labute approximate surface area is 161 Å². The van der Waals surface area contributed by atoms with E-state index in [0.717, 1.165) is 23.1 Å². The number of benzene rings is 2. The van der Waals surface area contributed by atoms with Gasteiger partial charge in [0.05, 0.1) is 0 Å². The summed E-state index contributed by atoms with van der Waals surface area (Å²) in [6, 6.07) is 19.8. The van der Waals surface area contributed by atoms with Crippen molar-refractivity contribution in [3.05, 3.63) is 108 Å². The van der Waals surface area contributed by atoms with E-state index in [1.54, 1.807) is 0 Å². The molecule has 0 radical (unpaired) electrons. The summed E-state index contributed by atoms with van der Waals surface area (Å²) >= 11 is 0. The molecular formula is C25H26O2. The summed E-state index contributed by atoms with van der Waals surface area (Å²) in [5, 5.41) is 11.6. The van der Waals surface area contributed by atoms with Gasteiger partial charge in [0.15, 0.2) is 0 Å². The van der Waals surface area contributed by atoms with Gasteiger partial charge in [0, 0.05) is 6.42 Å². The largest absolute Gasteiger partial charge is 0.380 e. The summed E-state index contributed by atoms with van der Waals surface area (Å²) in [7, 11) is 0. The number of allylic oxidation sites excluding steroid dienone is 3. The van der Waals surface area contributed by atoms with Gasteiger partial charge in [-0.15, -0.1) is 0 Å². The lowest BCUT2D eigenvalue weighted by atomic mass is 9.82. The second-order valence-electron chi connectivity index (χ2n) is 7.65. The molecule has 0 bridgehead atoms. The van der Waals surface area contributed by atoms with Crippen LogP contribution >= 0.6 is 0 Å². The van der Waals surface area contributed by atoms with Crippen LogP contribution in [0.15, 0.2) is 96.6 Å². The molecule has 1 spiro atoms. The maximum atomic E-state index is 11.6. The van der Waals surface area contributed by atoms with Gasteiger partial charge in [0.25, 0.3) is 0 Å². The zero-order valence-electron chi connectivity index (χ0n) is 15.9. The molecule has 27 heavy (non-hydrogen) atoms. The third-order valence-corrected chi connectivity index (χ3v) is 6.04. The van der Waals surface area contributed by atoms with Gasteiger partial charge < -0.3 is 9.84 Å². The zero-order valence-corrected chi connectivity index (χ0v) is 15.9. The molecule has 2 aliphatic rings. The second-order valence-corrected chi connectivity index (χ2v) is 7.65. The lowest BCUT2D eigenvalue weighted by Gasteiger charge is -2.28. The van der Waals surface area contributed by atoms with E-state index < -0.39 is 5.60 Å². The number of hydrogen-bond acceptors (Lipinski definition) is 2. The topological polar surface area (TPSA) is 32.8 Å². The molecule has 0 amide bonds. The van der Waals surface area contributed by atoms with Crippen molar-refractivity contribution >= 4 is 0 Å². The van der Waals surface area contributed by atoms with Crippen molar-refractivity contribution in [2.45, 2.75) is 43.5 Å². The first-order chi connectivity index (χ1) is 13.0. The molecule has 1 atom stereocenters. The van der Waals surface area contributed by atoms with Crippen molar-refractivity contribution in [2.75, 3.05) is 0 Å². The summed E-state index contributed by atoms with van der Waals surface area (Å²) in [6.07, 6.45) is 12.1. The monoisotopic (exact) mass is 358 g/mol. The molecule has 1 aliphatic carbocycles. The summed E-state index contributed by atoms with van der Waals surface area (Å²) in [4.78, 5) is 0. The van der Waals surface area contributed by atoms with Gasteiger partial charge in [-0.3, -0.25) is 0 Å². The number of epoxide rings is 1. The van der Waals surface area contributed by atoms with E-state index in [4.69, 9.17) is 4.74 Å². The number of hydrogen-bond donors (Lipinski definition) is 1. The number of aliphatic hydroxyl groups is 1. The predicted molar refractivity (Wildman–Crippen MR) is 109 cm³/mol. The molecule has 1 fully saturated rings. The highest BCUT2D eigenvalue weighted by Crippen LogP contribution is 2.53. The summed E-state index contributed by atoms with van der Waals surface area (Å²) in [6.45, 7) is 4.31. The number of ether oxygens (including phenoxy) is 1. The highest BCUT2D eigenvalue weighted by molar-refractivity contribution is 5.47. The Hall–Kier alpha value is -2.42. The van der Waals surface area contributed by atoms with Crippen molar-refractivity contribution in [3.8, 4) is 0 Å². The van der Waals surface area contributed by atoms with Crippen molar-refractivity contribution in [1.29, 1.82) is 0 Å². The van der Waals surface area contributed by atoms with E-state index in [9.17, 15) is 5.11 Å². The quantitative estimate of drug-likeness (QED) is 0.736. The normalized spacial score (nSPS) is 26.4. The van der Waals surface area contributed by atoms with Gasteiger partial charge in [-0.1, -0.05) is 85.8 Å². The first-order valence-corrected chi connectivity index (χ1v) is 9.64. The average Bonchev–Trinajstić information content (AvgIpc) is 3.32. The number of rotatable bonds is 5. The van der Waals surface area contributed by atoms with Crippen LogP contribution in [-0.2, 0) is 10.3 Å². The van der Waals surface area contributed by atoms with Gasteiger partial charge in [0.2, 0.25) is 0 Å². The minimum Gasteiger partial charge on any atom is -0.380 e. The fraction of sp³-hybridized carbons (Fsp3) is 0.280. The minimum absolute atomic E-state index is 0.0830. The molecule has 1 aliphatic heterocycles. The van der Waals surface area contributed by atoms with Gasteiger partial charge in [0.1, 0.15) is 16.8 Å². The van der Waals surface area contributed by atoms with Gasteiger partial charge in [-0.2, -0.15) is 0 Å². The van der Waals surface area contributed by atoms with E-state index in [0.29, 0.717) is 6.42 Å². The summed E-state index contributed by atoms with van der Waals surface area (Å²) < 4.78 is 5.96. The van der Waals surface area contributed by atoms with Crippen molar-refractivity contribution in [2.24, 2.45) is 0 Å². The van der Waals surface area contributed by atoms with Crippen LogP contribution in [0.3, 0.4) is 0 Å². The maximum absolute atomic E-state index is 11.6. The van der Waals surface area contributed by atoms with Crippen molar-refractivity contribution in [3.63, 3.8) is 0 Å². The van der Waals surface area contributed by atoms with Crippen LogP contribution in [0.5, 0.6) is 0 Å². The lowest BCUT2D eigenvalue weighted by molar-refractivity contribution is 0.0840. The third kappa shape index (κ3) is 3.09. The molecule has 0 aromatic heterocycles. The molecule has 1 unspecified atom stereocenters. The van der Waals surface area contributed by atoms with Crippen molar-refractivity contribution in [1.82, 2.24) is 0 Å². The molecule has 4 rings (SSSR count). The summed E-state index contributed by atoms with van der Waals surface area (Å²) in [5.74, 6) is 0. The van der Waals surface area contributed by atoms with E-state index in [2.05, 4.69) is 44.2 Å². The predicted octanol–water partition coefficient (Wildman–Crippen LogP) is 5.30. The second kappa shape index (κ2) is 6.63. The molecule has 0 saturated carbocycles. The minimum atomic E-state index is -1.06. The molecule has 1 heterocycles. The SMILES string of the molecule is CCC1(C)OC12C=CC(=CCC(O)(c1ccccc1)c1ccccc1)C=C2. The van der Waals surface area contributed by atoms with Crippen LogP contribution in [0.2, 0.25) is 0 Å². The van der Waals surface area contributed by atoms with Gasteiger partial charge >= 0.3 is 0 Å². The highest BCUT2D eigenvalue weighted by Gasteiger charge is 2.62. The zero-order chi connectivity index (χ0) is 19.0. The maximum Gasteiger partial charge on any atom is 0.134 e. The standard InChI is InChI=1S/C25H26O2/c1-3-23(2)24(27-23)17-14-20(15-18-24)16-19-25(26,21-10-6-4-7-11-21)22-12-8-5-9-13-22/h4-18,26H,3,19H2,1-2H3. The Kier molecular flexibility index (Phi) is 4.41. The molecule has 2 aromatic rings. The fourth-order valence-electron chi connectivity index (χ4n) is 3.90. The first kappa shape index (κ1) is 18.0. The highest BCUT2D eigenvalue weighted by atomic mass is 16.6. The molecule has 2 aromatic carbocycles. The molecule has 1 saturated heterocycles. The van der Waals surface area contributed by atoms with E-state index in [1.165, 1.54) is 0 Å². The Morgan fingerprint density at radius 1 is 0.926 bits per heavy atom. The van der Waals surface area contributed by atoms with Crippen LogP contribution in [-0.4, -0.2) is 16.3 Å². The molecule has 2 nitrogen and oxygen atoms in total. The van der Waals surface area contributed by atoms with Crippen LogP contribution in [0.4, 0.5) is 0 Å². The fourth-order valence-corrected chi connectivity index (χ4v) is 3.90. The van der Waals surface area contributed by atoms with E-state index in [-0.39, 0.29) is 11.2 Å². The Balaban J connectivity index is 1.60. The van der Waals surface area contributed by atoms with E-state index >= 15 is 0 Å². The van der Waals surface area contributed by atoms with E-state index in [1.807, 2.05) is 60.7 Å². The first-order valence-electron chi connectivity index (χ1n) is 9.64. The van der Waals surface area contributed by atoms with Crippen LogP contribution in [0, 0.1) is 0 Å². The van der Waals surface area contributed by atoms with Gasteiger partial charge in [-0.05, 0) is 42.2 Å². The Morgan fingerprint density at radius 2 is 1.44 bits per heavy atom. The molecule has 2 heteroatoms. The van der Waals surface area contributed by atoms with Crippen LogP contribution < -0.4 is 0 Å².